The predicted molar refractivity (Wildman–Crippen MR) is 258 cm³/mol. The highest BCUT2D eigenvalue weighted by Gasteiger charge is 2.30. The Morgan fingerprint density at radius 1 is 0.426 bits per heavy atom. The molecule has 0 heterocycles. The summed E-state index contributed by atoms with van der Waals surface area (Å²) >= 11 is 0. The summed E-state index contributed by atoms with van der Waals surface area (Å²) in [5, 5.41) is 62.5. The number of quaternary nitrogens is 2. The summed E-state index contributed by atoms with van der Waals surface area (Å²) in [6.45, 7) is 15.0. The second-order valence-electron chi connectivity index (χ2n) is 19.0. The van der Waals surface area contributed by atoms with E-state index in [-0.39, 0.29) is 89.8 Å². The molecule has 0 amide bonds. The number of hydrogen-bond donors (Lipinski definition) is 6. The molecule has 21 nitrogen and oxygen atoms in total. The van der Waals surface area contributed by atoms with Gasteiger partial charge in [0.25, 0.3) is 0 Å². The van der Waals surface area contributed by atoms with E-state index in [0.717, 1.165) is 19.6 Å². The molecule has 68 heavy (non-hydrogen) atoms. The minimum absolute atomic E-state index is 0.0211. The molecule has 0 aliphatic rings. The maximum atomic E-state index is 12.7. The van der Waals surface area contributed by atoms with Crippen molar-refractivity contribution in [1.29, 1.82) is 0 Å². The van der Waals surface area contributed by atoms with Crippen LogP contribution in [-0.4, -0.2) is 310 Å². The molecule has 0 aromatic rings. The minimum atomic E-state index is -0.892. The Hall–Kier alpha value is -1.74. The summed E-state index contributed by atoms with van der Waals surface area (Å²) in [5.41, 5.74) is 0. The van der Waals surface area contributed by atoms with Crippen molar-refractivity contribution in [1.82, 2.24) is 14.7 Å². The number of nitrogens with zero attached hydrogens (tertiary/aromatic N) is 5. The van der Waals surface area contributed by atoms with Crippen LogP contribution < -0.4 is 0 Å². The summed E-state index contributed by atoms with van der Waals surface area (Å²) in [7, 11) is 11.5. The van der Waals surface area contributed by atoms with Gasteiger partial charge in [0.15, 0.2) is 0 Å². The Kier molecular flexibility index (Phi) is 39.8. The highest BCUT2D eigenvalue weighted by atomic mass is 16.5. The van der Waals surface area contributed by atoms with Crippen molar-refractivity contribution in [3.8, 4) is 0 Å². The number of ether oxygens (including phenoxy) is 8. The first-order valence-corrected chi connectivity index (χ1v) is 24.8. The van der Waals surface area contributed by atoms with E-state index in [1.54, 1.807) is 0 Å². The lowest BCUT2D eigenvalue weighted by Gasteiger charge is -2.37. The maximum Gasteiger partial charge on any atom is 0.306 e. The van der Waals surface area contributed by atoms with Crippen LogP contribution in [0, 0.1) is 0 Å². The van der Waals surface area contributed by atoms with E-state index < -0.39 is 48.6 Å². The Labute approximate surface area is 409 Å². The molecular weight excluding hydrogens is 891 g/mol. The first-order chi connectivity index (χ1) is 32.2. The molecule has 0 fully saturated rings. The summed E-state index contributed by atoms with van der Waals surface area (Å²) in [6.07, 6.45) is -2.74. The molecule has 0 bridgehead atoms. The largest absolute Gasteiger partial charge is 0.460 e. The van der Waals surface area contributed by atoms with Crippen molar-refractivity contribution in [3.05, 3.63) is 0 Å². The number of aliphatic hydroxyl groups excluding tert-OH is 6. The van der Waals surface area contributed by atoms with Crippen LogP contribution in [0.5, 0.6) is 0 Å². The van der Waals surface area contributed by atoms with Crippen LogP contribution in [-0.2, 0) is 47.5 Å². The molecular formula is C47H99N5O16+2. The van der Waals surface area contributed by atoms with E-state index in [0.29, 0.717) is 96.1 Å². The number of rotatable bonds is 48. The van der Waals surface area contributed by atoms with Crippen molar-refractivity contribution in [3.63, 3.8) is 0 Å². The number of carbonyl (C=O) groups excluding carboxylic acids is 2. The Bertz CT molecular complexity index is 1180. The second kappa shape index (κ2) is 40.8. The van der Waals surface area contributed by atoms with E-state index in [1.807, 2.05) is 77.8 Å². The lowest BCUT2D eigenvalue weighted by molar-refractivity contribution is -0.915. The van der Waals surface area contributed by atoms with Gasteiger partial charge in [0.1, 0.15) is 64.2 Å². The average Bonchev–Trinajstić information content (AvgIpc) is 3.26. The minimum Gasteiger partial charge on any atom is -0.460 e. The molecule has 406 valence electrons. The number of carbonyl (C=O) groups is 2. The van der Waals surface area contributed by atoms with Gasteiger partial charge in [-0.25, -0.2) is 0 Å². The van der Waals surface area contributed by atoms with Gasteiger partial charge in [0, 0.05) is 59.3 Å². The topological polar surface area (TPSA) is 239 Å². The third-order valence-electron chi connectivity index (χ3n) is 11.2. The van der Waals surface area contributed by atoms with Crippen LogP contribution in [0.15, 0.2) is 0 Å². The molecule has 0 radical (unpaired) electrons. The predicted octanol–water partition coefficient (Wildman–Crippen LogP) is -1.33. The van der Waals surface area contributed by atoms with Crippen molar-refractivity contribution in [2.75, 3.05) is 207 Å². The third-order valence-corrected chi connectivity index (χ3v) is 11.2. The van der Waals surface area contributed by atoms with Crippen molar-refractivity contribution in [2.24, 2.45) is 0 Å². The van der Waals surface area contributed by atoms with Gasteiger partial charge in [-0.15, -0.1) is 0 Å². The van der Waals surface area contributed by atoms with E-state index in [2.05, 4.69) is 0 Å². The smallest absolute Gasteiger partial charge is 0.306 e. The van der Waals surface area contributed by atoms with E-state index in [1.165, 1.54) is 0 Å². The molecule has 0 spiro atoms. The Morgan fingerprint density at radius 2 is 0.706 bits per heavy atom. The lowest BCUT2D eigenvalue weighted by atomic mass is 10.2. The van der Waals surface area contributed by atoms with Crippen LogP contribution >= 0.6 is 0 Å². The van der Waals surface area contributed by atoms with Gasteiger partial charge in [-0.2, -0.15) is 0 Å². The fourth-order valence-electron chi connectivity index (χ4n) is 6.96. The molecule has 0 aliphatic carbocycles. The number of hydrogen-bond acceptors (Lipinski definition) is 19. The molecule has 0 saturated heterocycles. The van der Waals surface area contributed by atoms with E-state index >= 15 is 0 Å². The van der Waals surface area contributed by atoms with Crippen molar-refractivity contribution < 1.29 is 87.1 Å². The molecule has 6 atom stereocenters. The monoisotopic (exact) mass is 990 g/mol. The fourth-order valence-corrected chi connectivity index (χ4v) is 6.96. The van der Waals surface area contributed by atoms with Gasteiger partial charge in [0.2, 0.25) is 0 Å². The quantitative estimate of drug-likeness (QED) is 0.0235. The molecule has 0 aliphatic heterocycles. The maximum absolute atomic E-state index is 12.7. The number of aliphatic hydroxyl groups is 6. The van der Waals surface area contributed by atoms with Gasteiger partial charge in [0.05, 0.1) is 91.9 Å². The Morgan fingerprint density at radius 3 is 1.01 bits per heavy atom. The van der Waals surface area contributed by atoms with Gasteiger partial charge in [-0.1, -0.05) is 20.8 Å². The molecule has 6 N–H and O–H groups in total. The lowest BCUT2D eigenvalue weighted by Crippen LogP contribution is -2.55. The zero-order valence-corrected chi connectivity index (χ0v) is 43.7. The van der Waals surface area contributed by atoms with E-state index in [9.17, 15) is 40.2 Å². The summed E-state index contributed by atoms with van der Waals surface area (Å²) in [6, 6.07) is 0. The first kappa shape index (κ1) is 66.3. The highest BCUT2D eigenvalue weighted by molar-refractivity contribution is 5.77. The van der Waals surface area contributed by atoms with Gasteiger partial charge >= 0.3 is 11.9 Å². The molecule has 6 unspecified atom stereocenters. The van der Waals surface area contributed by atoms with E-state index in [4.69, 9.17) is 37.9 Å². The number of esters is 2. The second-order valence-corrected chi connectivity index (χ2v) is 19.0. The zero-order chi connectivity index (χ0) is 51.2. The summed E-state index contributed by atoms with van der Waals surface area (Å²) in [4.78, 5) is 31.2. The van der Waals surface area contributed by atoms with Crippen LogP contribution in [0.3, 0.4) is 0 Å². The van der Waals surface area contributed by atoms with Gasteiger partial charge in [-0.05, 0) is 60.0 Å². The molecule has 0 aromatic carbocycles. The molecule has 0 rings (SSSR count). The average molecular weight is 990 g/mol. The highest BCUT2D eigenvalue weighted by Crippen LogP contribution is 2.10. The number of likely N-dealkylation sites (N-methyl/N-ethyl adjacent to an activating group) is 5. The van der Waals surface area contributed by atoms with Crippen molar-refractivity contribution >= 4 is 11.9 Å². The summed E-state index contributed by atoms with van der Waals surface area (Å²) in [5.74, 6) is -1.12. The van der Waals surface area contributed by atoms with Gasteiger partial charge < -0.3 is 92.2 Å². The molecule has 21 heteroatoms. The third kappa shape index (κ3) is 39.9. The fraction of sp³-hybridized carbons (Fsp3) is 0.957. The van der Waals surface area contributed by atoms with Crippen LogP contribution in [0.25, 0.3) is 0 Å². The first-order valence-electron chi connectivity index (χ1n) is 24.8. The standard InChI is InChI=1S/C47H99N5O16/c1-10-48(4)28-40(53)34-61-20-13-23-64-37-43(56)31-51(7,8)18-26-67-46(59)16-17-47(60)68-27-19-52(9,32-44(57)38-65-24-14-21-62-35-41(54)29-49(5)11-2)33-45(58)39-66-25-15-22-63-36-42(55)30-50(6)12-3/h40-45,53-58H,10-39H2,1-9H3/q+2. The van der Waals surface area contributed by atoms with Crippen LogP contribution in [0.1, 0.15) is 52.9 Å². The van der Waals surface area contributed by atoms with Crippen molar-refractivity contribution in [2.45, 2.75) is 89.5 Å². The zero-order valence-electron chi connectivity index (χ0n) is 43.7. The normalized spacial score (nSPS) is 15.9. The summed E-state index contributed by atoms with van der Waals surface area (Å²) < 4.78 is 45.0. The van der Waals surface area contributed by atoms with Gasteiger partial charge in [-0.3, -0.25) is 9.59 Å². The Balaban J connectivity index is 4.76. The van der Waals surface area contributed by atoms with Crippen LogP contribution in [0.4, 0.5) is 0 Å². The molecule has 0 aromatic heterocycles. The van der Waals surface area contributed by atoms with Crippen LogP contribution in [0.2, 0.25) is 0 Å². The SMILES string of the molecule is CCN(C)CC(O)COCCCOCC(O)C[N+](C)(C)CCOC(=O)CCC(=O)OCC[N+](C)(CC(O)COCCCOCC(O)CN(C)CC)CC(O)COCCCOCC(O)CN(C)CC. The molecule has 0 saturated carbocycles.